The van der Waals surface area contributed by atoms with Crippen molar-refractivity contribution in [1.29, 1.82) is 0 Å². The molecule has 0 bridgehead atoms. The van der Waals surface area contributed by atoms with Gasteiger partial charge in [-0.3, -0.25) is 0 Å². The number of aromatic nitrogens is 3. The van der Waals surface area contributed by atoms with Gasteiger partial charge in [-0.15, -0.1) is 0 Å². The molecule has 0 atom stereocenters. The Balaban J connectivity index is 1.55. The number of benzene rings is 1. The molecule has 0 aliphatic heterocycles. The normalized spacial score (nSPS) is 11.1. The van der Waals surface area contributed by atoms with E-state index in [1.807, 2.05) is 18.2 Å². The third kappa shape index (κ3) is 5.87. The highest BCUT2D eigenvalue weighted by molar-refractivity contribution is 7.89. The Bertz CT molecular complexity index is 1040. The molecule has 3 rings (SSSR count). The molecule has 3 aromatic rings. The molecule has 29 heavy (non-hydrogen) atoms. The van der Waals surface area contributed by atoms with Crippen molar-refractivity contribution in [3.63, 3.8) is 0 Å². The number of nitrogens with zero attached hydrogens (tertiary/aromatic N) is 3. The Kier molecular flexibility index (Phi) is 6.57. The first-order valence-corrected chi connectivity index (χ1v) is 10.4. The number of methoxy groups -OCH3 is 1. The van der Waals surface area contributed by atoms with Gasteiger partial charge in [0.15, 0.2) is 0 Å². The molecule has 0 saturated carbocycles. The van der Waals surface area contributed by atoms with Crippen LogP contribution in [0.25, 0.3) is 0 Å². The number of anilines is 3. The Morgan fingerprint density at radius 3 is 2.41 bits per heavy atom. The first kappa shape index (κ1) is 20.5. The third-order valence-electron chi connectivity index (χ3n) is 3.85. The Morgan fingerprint density at radius 1 is 0.966 bits per heavy atom. The van der Waals surface area contributed by atoms with Crippen LogP contribution >= 0.6 is 0 Å². The number of hydrogen-bond donors (Lipinski definition) is 3. The van der Waals surface area contributed by atoms with Gasteiger partial charge in [0.25, 0.3) is 0 Å². The molecule has 0 spiro atoms. The number of hydrogen-bond acceptors (Lipinski definition) is 8. The summed E-state index contributed by atoms with van der Waals surface area (Å²) in [5.41, 5.74) is 0. The fourth-order valence-electron chi connectivity index (χ4n) is 2.50. The second-order valence-corrected chi connectivity index (χ2v) is 7.79. The zero-order valence-corrected chi connectivity index (χ0v) is 16.9. The van der Waals surface area contributed by atoms with Gasteiger partial charge >= 0.3 is 0 Å². The van der Waals surface area contributed by atoms with Gasteiger partial charge < -0.3 is 15.4 Å². The summed E-state index contributed by atoms with van der Waals surface area (Å²) in [7, 11) is -2.07. The number of ether oxygens (including phenoxy) is 1. The van der Waals surface area contributed by atoms with E-state index in [-0.39, 0.29) is 11.4 Å². The average Bonchev–Trinajstić information content (AvgIpc) is 2.72. The first-order chi connectivity index (χ1) is 14.0. The van der Waals surface area contributed by atoms with Crippen LogP contribution in [-0.2, 0) is 10.0 Å². The smallest absolute Gasteiger partial charge is 0.240 e. The van der Waals surface area contributed by atoms with E-state index in [1.165, 1.54) is 19.2 Å². The lowest BCUT2D eigenvalue weighted by Gasteiger charge is -2.11. The average molecular weight is 414 g/mol. The first-order valence-electron chi connectivity index (χ1n) is 8.87. The highest BCUT2D eigenvalue weighted by Crippen LogP contribution is 2.16. The number of rotatable bonds is 9. The van der Waals surface area contributed by atoms with Gasteiger partial charge in [-0.2, -0.15) is 0 Å². The maximum Gasteiger partial charge on any atom is 0.240 e. The van der Waals surface area contributed by atoms with Crippen LogP contribution in [0.3, 0.4) is 0 Å². The van der Waals surface area contributed by atoms with Crippen LogP contribution in [-0.4, -0.2) is 43.6 Å². The summed E-state index contributed by atoms with van der Waals surface area (Å²) in [6.07, 6.45) is 1.68. The molecule has 0 amide bonds. The van der Waals surface area contributed by atoms with Crippen molar-refractivity contribution in [2.24, 2.45) is 0 Å². The zero-order valence-electron chi connectivity index (χ0n) is 16.1. The third-order valence-corrected chi connectivity index (χ3v) is 5.33. The Morgan fingerprint density at radius 2 is 1.72 bits per heavy atom. The molecule has 1 aromatic carbocycles. The molecule has 9 nitrogen and oxygen atoms in total. The van der Waals surface area contributed by atoms with Gasteiger partial charge in [0.1, 0.15) is 29.0 Å². The lowest BCUT2D eigenvalue weighted by Crippen LogP contribution is -2.29. The molecular formula is C19H22N6O3S. The van der Waals surface area contributed by atoms with Crippen LogP contribution in [0.5, 0.6) is 5.75 Å². The molecule has 0 radical (unpaired) electrons. The highest BCUT2D eigenvalue weighted by Gasteiger charge is 2.13. The van der Waals surface area contributed by atoms with Crippen LogP contribution < -0.4 is 20.1 Å². The summed E-state index contributed by atoms with van der Waals surface area (Å²) in [5.74, 6) is 3.02. The Labute approximate surface area is 169 Å². The van der Waals surface area contributed by atoms with E-state index < -0.39 is 10.0 Å². The van der Waals surface area contributed by atoms with Crippen molar-refractivity contribution >= 4 is 27.5 Å². The SMILES string of the molecule is COc1ccc(S(=O)(=O)NCCNc2cc(Nc3ccccn3)nc(C)n2)cc1. The largest absolute Gasteiger partial charge is 0.497 e. The predicted molar refractivity (Wildman–Crippen MR) is 111 cm³/mol. The van der Waals surface area contributed by atoms with Crippen molar-refractivity contribution in [2.45, 2.75) is 11.8 Å². The maximum absolute atomic E-state index is 12.3. The van der Waals surface area contributed by atoms with Crippen LogP contribution in [0.2, 0.25) is 0 Å². The predicted octanol–water partition coefficient (Wildman–Crippen LogP) is 2.32. The van der Waals surface area contributed by atoms with Crippen molar-refractivity contribution in [1.82, 2.24) is 19.7 Å². The van der Waals surface area contributed by atoms with Crippen molar-refractivity contribution in [3.05, 3.63) is 60.6 Å². The minimum Gasteiger partial charge on any atom is -0.497 e. The molecule has 152 valence electrons. The van der Waals surface area contributed by atoms with Crippen LogP contribution in [0.15, 0.2) is 59.6 Å². The monoisotopic (exact) mass is 414 g/mol. The van der Waals surface area contributed by atoms with E-state index in [0.717, 1.165) is 0 Å². The number of nitrogens with one attached hydrogen (secondary N) is 3. The lowest BCUT2D eigenvalue weighted by atomic mass is 10.3. The number of sulfonamides is 1. The molecule has 0 aliphatic rings. The summed E-state index contributed by atoms with van der Waals surface area (Å²) in [6.45, 7) is 2.33. The summed E-state index contributed by atoms with van der Waals surface area (Å²) >= 11 is 0. The molecule has 10 heteroatoms. The van der Waals surface area contributed by atoms with E-state index in [0.29, 0.717) is 35.6 Å². The minimum absolute atomic E-state index is 0.179. The van der Waals surface area contributed by atoms with E-state index in [4.69, 9.17) is 4.74 Å². The molecule has 2 heterocycles. The molecule has 3 N–H and O–H groups in total. The van der Waals surface area contributed by atoms with Crippen molar-refractivity contribution in [2.75, 3.05) is 30.8 Å². The summed E-state index contributed by atoms with van der Waals surface area (Å²) < 4.78 is 32.3. The molecule has 0 fully saturated rings. The maximum atomic E-state index is 12.3. The van der Waals surface area contributed by atoms with Gasteiger partial charge in [-0.05, 0) is 43.3 Å². The van der Waals surface area contributed by atoms with Crippen LogP contribution in [0.1, 0.15) is 5.82 Å². The second kappa shape index (κ2) is 9.30. The number of pyridine rings is 1. The Hall–Kier alpha value is -3.24. The fraction of sp³-hybridized carbons (Fsp3) is 0.211. The topological polar surface area (TPSA) is 118 Å². The zero-order chi connectivity index (χ0) is 20.7. The molecular weight excluding hydrogens is 392 g/mol. The van der Waals surface area contributed by atoms with E-state index >= 15 is 0 Å². The summed E-state index contributed by atoms with van der Waals surface area (Å²) in [4.78, 5) is 13.0. The van der Waals surface area contributed by atoms with E-state index in [9.17, 15) is 8.42 Å². The molecule has 0 unspecified atom stereocenters. The van der Waals surface area contributed by atoms with Gasteiger partial charge in [-0.25, -0.2) is 28.1 Å². The molecule has 0 aliphatic carbocycles. The standard InChI is InChI=1S/C19H22N6O3S/c1-14-23-18(13-19(24-14)25-17-5-3-4-10-20-17)21-11-12-22-29(26,27)16-8-6-15(28-2)7-9-16/h3-10,13,22H,11-12H2,1-2H3,(H2,20,21,23,24,25). The number of aryl methyl sites for hydroxylation is 1. The quantitative estimate of drug-likeness (QED) is 0.457. The van der Waals surface area contributed by atoms with Gasteiger partial charge in [0, 0.05) is 25.4 Å². The minimum atomic E-state index is -3.60. The summed E-state index contributed by atoms with van der Waals surface area (Å²) in [5, 5.41) is 6.20. The van der Waals surface area contributed by atoms with Gasteiger partial charge in [-0.1, -0.05) is 6.07 Å². The van der Waals surface area contributed by atoms with Gasteiger partial charge in [0.05, 0.1) is 12.0 Å². The van der Waals surface area contributed by atoms with E-state index in [1.54, 1.807) is 31.3 Å². The highest BCUT2D eigenvalue weighted by atomic mass is 32.2. The van der Waals surface area contributed by atoms with Gasteiger partial charge in [0.2, 0.25) is 10.0 Å². The second-order valence-electron chi connectivity index (χ2n) is 6.03. The molecule has 2 aromatic heterocycles. The lowest BCUT2D eigenvalue weighted by molar-refractivity contribution is 0.414. The van der Waals surface area contributed by atoms with Crippen LogP contribution in [0, 0.1) is 6.92 Å². The fourth-order valence-corrected chi connectivity index (χ4v) is 3.54. The van der Waals surface area contributed by atoms with E-state index in [2.05, 4.69) is 30.3 Å². The van der Waals surface area contributed by atoms with Crippen molar-refractivity contribution in [3.8, 4) is 5.75 Å². The molecule has 0 saturated heterocycles. The van der Waals surface area contributed by atoms with Crippen molar-refractivity contribution < 1.29 is 13.2 Å². The summed E-state index contributed by atoms with van der Waals surface area (Å²) in [6, 6.07) is 13.5. The van der Waals surface area contributed by atoms with Crippen LogP contribution in [0.4, 0.5) is 17.5 Å².